The number of nitriles is 1. The summed E-state index contributed by atoms with van der Waals surface area (Å²) in [6.07, 6.45) is 0.551. The number of benzene rings is 2. The van der Waals surface area contributed by atoms with Crippen LogP contribution in [0.5, 0.6) is 0 Å². The van der Waals surface area contributed by atoms with Gasteiger partial charge in [0.25, 0.3) is 11.7 Å². The Morgan fingerprint density at radius 3 is 2.61 bits per heavy atom. The SMILES string of the molecule is CC(C)C[C@@H](C(=O)N1C[C@]2(C[C@H]1C#N)C(=O)Nc1ccccc12)N(C)C(=O)c1nnn(-c2ccccc2)n1. The second-order valence-electron chi connectivity index (χ2n) is 10.2. The molecule has 38 heavy (non-hydrogen) atoms. The van der Waals surface area contributed by atoms with Crippen LogP contribution in [0.4, 0.5) is 5.69 Å². The number of carbonyl (C=O) groups is 3. The van der Waals surface area contributed by atoms with Gasteiger partial charge in [0.1, 0.15) is 12.1 Å². The summed E-state index contributed by atoms with van der Waals surface area (Å²) < 4.78 is 0. The van der Waals surface area contributed by atoms with Gasteiger partial charge in [-0.25, -0.2) is 0 Å². The van der Waals surface area contributed by atoms with Crippen LogP contribution in [0, 0.1) is 17.2 Å². The third-order valence-corrected chi connectivity index (χ3v) is 7.28. The third kappa shape index (κ3) is 4.18. The molecule has 0 radical (unpaired) electrons. The van der Waals surface area contributed by atoms with Crippen molar-refractivity contribution in [1.82, 2.24) is 30.0 Å². The minimum Gasteiger partial charge on any atom is -0.327 e. The van der Waals surface area contributed by atoms with Crippen LogP contribution in [-0.2, 0) is 15.0 Å². The van der Waals surface area contributed by atoms with Crippen LogP contribution in [0.1, 0.15) is 42.9 Å². The van der Waals surface area contributed by atoms with Crippen molar-refractivity contribution in [3.8, 4) is 11.8 Å². The summed E-state index contributed by atoms with van der Waals surface area (Å²) >= 11 is 0. The molecule has 3 atom stereocenters. The van der Waals surface area contributed by atoms with Gasteiger partial charge in [-0.3, -0.25) is 14.4 Å². The molecule has 1 saturated heterocycles. The first-order chi connectivity index (χ1) is 18.2. The normalized spacial score (nSPS) is 20.8. The lowest BCUT2D eigenvalue weighted by Crippen LogP contribution is -2.52. The summed E-state index contributed by atoms with van der Waals surface area (Å²) in [6.45, 7) is 3.97. The van der Waals surface area contributed by atoms with Gasteiger partial charge in [-0.05, 0) is 41.3 Å². The Morgan fingerprint density at radius 2 is 1.89 bits per heavy atom. The maximum atomic E-state index is 14.0. The van der Waals surface area contributed by atoms with E-state index in [4.69, 9.17) is 0 Å². The van der Waals surface area contributed by atoms with Crippen molar-refractivity contribution in [2.24, 2.45) is 5.92 Å². The highest BCUT2D eigenvalue weighted by Gasteiger charge is 2.56. The zero-order valence-electron chi connectivity index (χ0n) is 21.4. The molecule has 3 aromatic rings. The highest BCUT2D eigenvalue weighted by molar-refractivity contribution is 6.07. The Hall–Kier alpha value is -4.59. The van der Waals surface area contributed by atoms with Crippen molar-refractivity contribution < 1.29 is 14.4 Å². The maximum absolute atomic E-state index is 14.0. The monoisotopic (exact) mass is 512 g/mol. The van der Waals surface area contributed by atoms with Gasteiger partial charge in [0, 0.05) is 25.7 Å². The van der Waals surface area contributed by atoms with Crippen LogP contribution in [0.3, 0.4) is 0 Å². The molecule has 1 aromatic heterocycles. The molecular formula is C27H28N8O3. The lowest BCUT2D eigenvalue weighted by Gasteiger charge is -2.32. The Kier molecular flexibility index (Phi) is 6.40. The standard InChI is InChI=1S/C27H28N8O3/c1-17(2)13-22(33(3)25(37)23-30-32-35(31-23)18-9-5-4-6-10-18)24(36)34-16-27(14-19(34)15-28)20-11-7-8-12-21(20)29-26(27)38/h4-12,17,19,22H,13-14,16H2,1-3H3,(H,29,38)/t19-,22-,27-/m0/s1. The van der Waals surface area contributed by atoms with Gasteiger partial charge in [0.05, 0.1) is 17.2 Å². The fourth-order valence-corrected chi connectivity index (χ4v) is 5.32. The lowest BCUT2D eigenvalue weighted by atomic mass is 9.80. The van der Waals surface area contributed by atoms with Crippen LogP contribution in [0.25, 0.3) is 5.69 Å². The molecule has 3 amide bonds. The summed E-state index contributed by atoms with van der Waals surface area (Å²) in [7, 11) is 1.53. The molecule has 3 heterocycles. The minimum absolute atomic E-state index is 0.0615. The van der Waals surface area contributed by atoms with Crippen molar-refractivity contribution >= 4 is 23.4 Å². The fraction of sp³-hybridized carbons (Fsp3) is 0.370. The predicted molar refractivity (Wildman–Crippen MR) is 137 cm³/mol. The van der Waals surface area contributed by atoms with E-state index in [1.807, 2.05) is 56.3 Å². The molecule has 11 nitrogen and oxygen atoms in total. The number of aromatic nitrogens is 4. The molecule has 5 rings (SSSR count). The number of likely N-dealkylation sites (tertiary alicyclic amines) is 1. The molecule has 0 aliphatic carbocycles. The van der Waals surface area contributed by atoms with E-state index in [0.29, 0.717) is 17.8 Å². The van der Waals surface area contributed by atoms with Crippen LogP contribution in [-0.4, -0.2) is 73.4 Å². The van der Waals surface area contributed by atoms with Crippen molar-refractivity contribution in [3.63, 3.8) is 0 Å². The van der Waals surface area contributed by atoms with E-state index < -0.39 is 23.4 Å². The summed E-state index contributed by atoms with van der Waals surface area (Å²) in [5.74, 6) is -1.24. The Morgan fingerprint density at radius 1 is 1.18 bits per heavy atom. The molecule has 2 aliphatic rings. The van der Waals surface area contributed by atoms with Crippen LogP contribution in [0.2, 0.25) is 0 Å². The van der Waals surface area contributed by atoms with E-state index in [1.54, 1.807) is 12.1 Å². The molecule has 0 unspecified atom stereocenters. The number of carbonyl (C=O) groups excluding carboxylic acids is 3. The number of hydrogen-bond acceptors (Lipinski definition) is 7. The number of para-hydroxylation sites is 2. The molecule has 11 heteroatoms. The van der Waals surface area contributed by atoms with E-state index in [0.717, 1.165) is 5.56 Å². The van der Waals surface area contributed by atoms with Crippen LogP contribution < -0.4 is 5.32 Å². The summed E-state index contributed by atoms with van der Waals surface area (Å²) in [5.41, 5.74) is 1.12. The molecule has 1 spiro atoms. The van der Waals surface area contributed by atoms with Crippen molar-refractivity contribution in [3.05, 3.63) is 66.0 Å². The Balaban J connectivity index is 1.42. The largest absolute Gasteiger partial charge is 0.327 e. The molecule has 0 saturated carbocycles. The molecule has 194 valence electrons. The number of fused-ring (bicyclic) bond motifs is 2. The Labute approximate surface area is 220 Å². The average molecular weight is 513 g/mol. The molecule has 1 N–H and O–H groups in total. The predicted octanol–water partition coefficient (Wildman–Crippen LogP) is 2.16. The maximum Gasteiger partial charge on any atom is 0.295 e. The molecule has 2 aromatic carbocycles. The van der Waals surface area contributed by atoms with Gasteiger partial charge in [-0.15, -0.1) is 15.0 Å². The molecule has 0 bridgehead atoms. The second kappa shape index (κ2) is 9.70. The number of nitrogens with zero attached hydrogens (tertiary/aromatic N) is 7. The smallest absolute Gasteiger partial charge is 0.295 e. The highest BCUT2D eigenvalue weighted by Crippen LogP contribution is 2.46. The summed E-state index contributed by atoms with van der Waals surface area (Å²) in [5, 5.41) is 25.0. The minimum atomic E-state index is -1.00. The number of hydrogen-bond donors (Lipinski definition) is 1. The second-order valence-corrected chi connectivity index (χ2v) is 10.2. The molecule has 2 aliphatic heterocycles. The van der Waals surface area contributed by atoms with Crippen molar-refractivity contribution in [2.45, 2.75) is 44.2 Å². The van der Waals surface area contributed by atoms with Crippen LogP contribution >= 0.6 is 0 Å². The van der Waals surface area contributed by atoms with Gasteiger partial charge in [-0.2, -0.15) is 5.26 Å². The van der Waals surface area contributed by atoms with E-state index >= 15 is 0 Å². The topological polar surface area (TPSA) is 137 Å². The number of likely N-dealkylation sites (N-methyl/N-ethyl adjacent to an activating group) is 1. The number of amides is 3. The van der Waals surface area contributed by atoms with E-state index in [9.17, 15) is 19.6 Å². The Bertz CT molecular complexity index is 1430. The number of nitrogens with one attached hydrogen (secondary N) is 1. The van der Waals surface area contributed by atoms with Gasteiger partial charge in [0.2, 0.25) is 11.8 Å². The lowest BCUT2D eigenvalue weighted by molar-refractivity contribution is -0.136. The first-order valence-electron chi connectivity index (χ1n) is 12.5. The van der Waals surface area contributed by atoms with Crippen LogP contribution in [0.15, 0.2) is 54.6 Å². The third-order valence-electron chi connectivity index (χ3n) is 7.28. The van der Waals surface area contributed by atoms with E-state index in [1.165, 1.54) is 21.6 Å². The van der Waals surface area contributed by atoms with E-state index in [2.05, 4.69) is 26.8 Å². The molecular weight excluding hydrogens is 484 g/mol. The van der Waals surface area contributed by atoms with Crippen molar-refractivity contribution in [1.29, 1.82) is 5.26 Å². The summed E-state index contributed by atoms with van der Waals surface area (Å²) in [6, 6.07) is 16.9. The zero-order valence-corrected chi connectivity index (χ0v) is 21.4. The first kappa shape index (κ1) is 25.1. The highest BCUT2D eigenvalue weighted by atomic mass is 16.2. The average Bonchev–Trinajstić information content (AvgIpc) is 3.64. The number of tetrazole rings is 1. The van der Waals surface area contributed by atoms with Gasteiger partial charge in [0.15, 0.2) is 0 Å². The molecule has 1 fully saturated rings. The summed E-state index contributed by atoms with van der Waals surface area (Å²) in [4.78, 5) is 44.6. The number of anilines is 1. The number of rotatable bonds is 6. The van der Waals surface area contributed by atoms with E-state index in [-0.39, 0.29) is 36.5 Å². The van der Waals surface area contributed by atoms with Crippen molar-refractivity contribution in [2.75, 3.05) is 18.9 Å². The van der Waals surface area contributed by atoms with Gasteiger partial charge in [-0.1, -0.05) is 50.2 Å². The van der Waals surface area contributed by atoms with Gasteiger partial charge >= 0.3 is 0 Å². The zero-order chi connectivity index (χ0) is 27.0. The fourth-order valence-electron chi connectivity index (χ4n) is 5.32. The quantitative estimate of drug-likeness (QED) is 0.534. The van der Waals surface area contributed by atoms with Gasteiger partial charge < -0.3 is 15.1 Å². The first-order valence-corrected chi connectivity index (χ1v) is 12.5.